The molecule has 5 heteroatoms. The fraction of sp³-hybridized carbons (Fsp3) is 0.500. The highest BCUT2D eigenvalue weighted by molar-refractivity contribution is 9.26. The van der Waals surface area contributed by atoms with Crippen LogP contribution >= 0.6 is 31.9 Å². The summed E-state index contributed by atoms with van der Waals surface area (Å²) in [5, 5.41) is 2.14. The van der Waals surface area contributed by atoms with Crippen molar-refractivity contribution in [3.8, 4) is 0 Å². The summed E-state index contributed by atoms with van der Waals surface area (Å²) >= 11 is 6.06. The Morgan fingerprint density at radius 1 is 1.44 bits per heavy atom. The summed E-state index contributed by atoms with van der Waals surface area (Å²) in [5.74, 6) is -0.582. The van der Waals surface area contributed by atoms with Crippen molar-refractivity contribution in [3.63, 3.8) is 0 Å². The highest BCUT2D eigenvalue weighted by Crippen LogP contribution is 2.33. The van der Waals surface area contributed by atoms with Crippen molar-refractivity contribution in [1.82, 2.24) is 5.32 Å². The summed E-state index contributed by atoms with van der Waals surface area (Å²) < 4.78 is -0.850. The molecule has 0 saturated carbocycles. The van der Waals surface area contributed by atoms with E-state index in [0.717, 1.165) is 0 Å². The molecular weight excluding hydrogens is 254 g/mol. The van der Waals surface area contributed by atoms with Crippen molar-refractivity contribution < 1.29 is 9.59 Å². The first-order valence-corrected chi connectivity index (χ1v) is 3.83. The smallest absolute Gasteiger partial charge is 0.254 e. The summed E-state index contributed by atoms with van der Waals surface area (Å²) in [6, 6.07) is 0. The number of halogens is 2. The Hall–Kier alpha value is 0.1000. The van der Waals surface area contributed by atoms with Gasteiger partial charge in [0, 0.05) is 0 Å². The van der Waals surface area contributed by atoms with E-state index in [1.807, 2.05) is 0 Å². The lowest BCUT2D eigenvalue weighted by Crippen LogP contribution is -2.26. The maximum Gasteiger partial charge on any atom is 0.254 e. The third-order valence-corrected chi connectivity index (χ3v) is 2.25. The van der Waals surface area contributed by atoms with Crippen molar-refractivity contribution >= 4 is 43.7 Å². The Morgan fingerprint density at radius 2 is 2.00 bits per heavy atom. The molecule has 0 aromatic carbocycles. The van der Waals surface area contributed by atoms with Gasteiger partial charge in [0.05, 0.1) is 6.42 Å². The Bertz CT molecular complexity index is 177. The molecule has 1 fully saturated rings. The third kappa shape index (κ3) is 1.32. The van der Waals surface area contributed by atoms with Crippen LogP contribution in [-0.4, -0.2) is 15.0 Å². The Morgan fingerprint density at radius 3 is 2.11 bits per heavy atom. The number of carbonyl (C=O) groups is 2. The van der Waals surface area contributed by atoms with Gasteiger partial charge in [-0.2, -0.15) is 0 Å². The van der Waals surface area contributed by atoms with Gasteiger partial charge in [0.2, 0.25) is 5.91 Å². The topological polar surface area (TPSA) is 46.2 Å². The van der Waals surface area contributed by atoms with Gasteiger partial charge in [0.15, 0.2) is 3.23 Å². The monoisotopic (exact) mass is 255 g/mol. The van der Waals surface area contributed by atoms with E-state index in [9.17, 15) is 9.59 Å². The van der Waals surface area contributed by atoms with E-state index in [1.165, 1.54) is 0 Å². The number of amides is 2. The van der Waals surface area contributed by atoms with Crippen LogP contribution in [0.15, 0.2) is 0 Å². The molecule has 2 amide bonds. The van der Waals surface area contributed by atoms with Gasteiger partial charge in [0.25, 0.3) is 5.91 Å². The molecule has 1 aliphatic heterocycles. The summed E-state index contributed by atoms with van der Waals surface area (Å²) in [5.41, 5.74) is 0. The van der Waals surface area contributed by atoms with Crippen molar-refractivity contribution in [2.24, 2.45) is 0 Å². The SMILES string of the molecule is O=C1CC(Br)(Br)C(=O)N1. The average Bonchev–Trinajstić information content (AvgIpc) is 1.79. The molecule has 0 unspecified atom stereocenters. The summed E-state index contributed by atoms with van der Waals surface area (Å²) in [4.78, 5) is 21.2. The molecule has 0 bridgehead atoms. The van der Waals surface area contributed by atoms with Crippen LogP contribution in [0.5, 0.6) is 0 Å². The Balaban J connectivity index is 2.81. The first-order chi connectivity index (χ1) is 4.02. The number of carbonyl (C=O) groups excluding carboxylic acids is 2. The number of imide groups is 1. The summed E-state index contributed by atoms with van der Waals surface area (Å²) in [7, 11) is 0. The minimum Gasteiger partial charge on any atom is -0.294 e. The van der Waals surface area contributed by atoms with E-state index in [0.29, 0.717) is 0 Å². The highest BCUT2D eigenvalue weighted by atomic mass is 79.9. The maximum absolute atomic E-state index is 10.7. The van der Waals surface area contributed by atoms with Gasteiger partial charge in [0.1, 0.15) is 0 Å². The minimum atomic E-state index is -0.850. The van der Waals surface area contributed by atoms with Gasteiger partial charge in [-0.15, -0.1) is 0 Å². The van der Waals surface area contributed by atoms with Crippen LogP contribution in [-0.2, 0) is 9.59 Å². The molecule has 0 radical (unpaired) electrons. The lowest BCUT2D eigenvalue weighted by molar-refractivity contribution is -0.124. The van der Waals surface area contributed by atoms with Crippen molar-refractivity contribution in [2.75, 3.05) is 0 Å². The number of hydrogen-bond donors (Lipinski definition) is 1. The molecule has 1 saturated heterocycles. The predicted octanol–water partition coefficient (Wildman–Crippen LogP) is 0.519. The molecule has 50 valence electrons. The zero-order chi connectivity index (χ0) is 7.07. The summed E-state index contributed by atoms with van der Waals surface area (Å²) in [6.45, 7) is 0. The quantitative estimate of drug-likeness (QED) is 0.508. The molecule has 1 rings (SSSR count). The lowest BCUT2D eigenvalue weighted by Gasteiger charge is -2.03. The standard InChI is InChI=1S/C4H3Br2NO2/c5-4(6)1-2(8)7-3(4)9/h1H2,(H,7,8,9). The number of alkyl halides is 2. The largest absolute Gasteiger partial charge is 0.294 e. The number of rotatable bonds is 0. The number of nitrogens with one attached hydrogen (secondary N) is 1. The fourth-order valence-corrected chi connectivity index (χ4v) is 1.25. The van der Waals surface area contributed by atoms with Gasteiger partial charge in [-0.3, -0.25) is 14.9 Å². The second-order valence-electron chi connectivity index (χ2n) is 1.76. The second-order valence-corrected chi connectivity index (χ2v) is 5.53. The molecule has 0 atom stereocenters. The third-order valence-electron chi connectivity index (χ3n) is 0.968. The van der Waals surface area contributed by atoms with E-state index < -0.39 is 3.23 Å². The van der Waals surface area contributed by atoms with Crippen LogP contribution < -0.4 is 5.32 Å². The average molecular weight is 257 g/mol. The second kappa shape index (κ2) is 2.05. The van der Waals surface area contributed by atoms with Gasteiger partial charge >= 0.3 is 0 Å². The predicted molar refractivity (Wildman–Crippen MR) is 38.4 cm³/mol. The molecule has 3 nitrogen and oxygen atoms in total. The first-order valence-electron chi connectivity index (χ1n) is 2.24. The van der Waals surface area contributed by atoms with E-state index in [2.05, 4.69) is 37.2 Å². The highest BCUT2D eigenvalue weighted by Gasteiger charge is 2.42. The molecule has 0 aromatic rings. The van der Waals surface area contributed by atoms with Crippen molar-refractivity contribution in [3.05, 3.63) is 0 Å². The van der Waals surface area contributed by atoms with Crippen molar-refractivity contribution in [2.45, 2.75) is 9.65 Å². The fourth-order valence-electron chi connectivity index (χ4n) is 0.544. The Labute approximate surface area is 68.4 Å². The van der Waals surface area contributed by atoms with Crippen LogP contribution in [0.3, 0.4) is 0 Å². The van der Waals surface area contributed by atoms with Crippen LogP contribution in [0, 0.1) is 0 Å². The molecule has 1 N–H and O–H groups in total. The van der Waals surface area contributed by atoms with Crippen LogP contribution in [0.2, 0.25) is 0 Å². The van der Waals surface area contributed by atoms with E-state index in [-0.39, 0.29) is 18.2 Å². The van der Waals surface area contributed by atoms with Crippen LogP contribution in [0.4, 0.5) is 0 Å². The Kier molecular flexibility index (Phi) is 1.65. The van der Waals surface area contributed by atoms with Gasteiger partial charge < -0.3 is 0 Å². The van der Waals surface area contributed by atoms with Crippen molar-refractivity contribution in [1.29, 1.82) is 0 Å². The van der Waals surface area contributed by atoms with Gasteiger partial charge in [-0.25, -0.2) is 0 Å². The van der Waals surface area contributed by atoms with E-state index in [1.54, 1.807) is 0 Å². The zero-order valence-corrected chi connectivity index (χ0v) is 7.45. The maximum atomic E-state index is 10.7. The van der Waals surface area contributed by atoms with E-state index in [4.69, 9.17) is 0 Å². The van der Waals surface area contributed by atoms with Crippen LogP contribution in [0.1, 0.15) is 6.42 Å². The molecule has 9 heavy (non-hydrogen) atoms. The normalized spacial score (nSPS) is 24.2. The lowest BCUT2D eigenvalue weighted by atomic mass is 10.4. The number of hydrogen-bond acceptors (Lipinski definition) is 2. The molecule has 1 aliphatic rings. The first kappa shape index (κ1) is 7.21. The minimum absolute atomic E-state index is 0.159. The molecule has 1 heterocycles. The zero-order valence-electron chi connectivity index (χ0n) is 4.28. The molecular formula is C4H3Br2NO2. The molecule has 0 aliphatic carbocycles. The molecule has 0 spiro atoms. The van der Waals surface area contributed by atoms with Gasteiger partial charge in [-0.05, 0) is 0 Å². The van der Waals surface area contributed by atoms with E-state index >= 15 is 0 Å². The van der Waals surface area contributed by atoms with Gasteiger partial charge in [-0.1, -0.05) is 31.9 Å². The summed E-state index contributed by atoms with van der Waals surface area (Å²) in [6.07, 6.45) is 0.159. The molecule has 0 aromatic heterocycles. The van der Waals surface area contributed by atoms with Crippen LogP contribution in [0.25, 0.3) is 0 Å².